The number of nitrogens with two attached hydrogens (primary N) is 1. The lowest BCUT2D eigenvalue weighted by atomic mass is 10.0. The van der Waals surface area contributed by atoms with E-state index in [1.54, 1.807) is 24.3 Å². The summed E-state index contributed by atoms with van der Waals surface area (Å²) in [6.07, 6.45) is 1.67. The van der Waals surface area contributed by atoms with Crippen molar-refractivity contribution >= 4 is 21.4 Å². The summed E-state index contributed by atoms with van der Waals surface area (Å²) in [5.74, 6) is 0. The van der Waals surface area contributed by atoms with Gasteiger partial charge in [0.15, 0.2) is 0 Å². The highest BCUT2D eigenvalue weighted by Gasteiger charge is 2.29. The van der Waals surface area contributed by atoms with E-state index in [1.165, 1.54) is 4.31 Å². The predicted molar refractivity (Wildman–Crippen MR) is 84.9 cm³/mol. The molecule has 0 amide bonds. The Kier molecular flexibility index (Phi) is 3.37. The molecule has 2 aromatic rings. The molecule has 4 nitrogen and oxygen atoms in total. The van der Waals surface area contributed by atoms with Crippen molar-refractivity contribution in [1.29, 1.82) is 0 Å². The number of hydrogen-bond acceptors (Lipinski definition) is 3. The fraction of sp³-hybridized carbons (Fsp3) is 0.250. The summed E-state index contributed by atoms with van der Waals surface area (Å²) >= 11 is 0. The second kappa shape index (κ2) is 5.07. The molecule has 0 atom stereocenters. The van der Waals surface area contributed by atoms with Crippen molar-refractivity contribution in [2.24, 2.45) is 0 Å². The summed E-state index contributed by atoms with van der Waals surface area (Å²) in [4.78, 5) is 0.370. The van der Waals surface area contributed by atoms with E-state index in [9.17, 15) is 8.42 Å². The molecule has 5 heteroatoms. The third kappa shape index (κ3) is 2.38. The lowest BCUT2D eigenvalue weighted by Crippen LogP contribution is -2.35. The molecule has 0 unspecified atom stereocenters. The highest BCUT2D eigenvalue weighted by atomic mass is 32.2. The monoisotopic (exact) mass is 302 g/mol. The molecule has 0 aromatic heterocycles. The predicted octanol–water partition coefficient (Wildman–Crippen LogP) is 2.72. The quantitative estimate of drug-likeness (QED) is 0.868. The Labute approximate surface area is 125 Å². The fourth-order valence-corrected chi connectivity index (χ4v) is 4.57. The van der Waals surface area contributed by atoms with Crippen LogP contribution in [0.4, 0.5) is 11.4 Å². The maximum Gasteiger partial charge on any atom is 0.264 e. The van der Waals surface area contributed by atoms with E-state index < -0.39 is 10.0 Å². The van der Waals surface area contributed by atoms with Gasteiger partial charge in [-0.3, -0.25) is 4.31 Å². The van der Waals surface area contributed by atoms with Gasteiger partial charge in [0.1, 0.15) is 0 Å². The van der Waals surface area contributed by atoms with Gasteiger partial charge in [-0.1, -0.05) is 18.2 Å². The average molecular weight is 302 g/mol. The van der Waals surface area contributed by atoms with Gasteiger partial charge in [0.05, 0.1) is 10.6 Å². The number of aryl methyl sites for hydroxylation is 2. The first kappa shape index (κ1) is 13.9. The first-order valence-corrected chi connectivity index (χ1v) is 8.41. The van der Waals surface area contributed by atoms with Crippen molar-refractivity contribution in [3.8, 4) is 0 Å². The number of benzene rings is 2. The Balaban J connectivity index is 2.12. The molecular formula is C16H18N2O2S. The standard InChI is InChI=1S/C16H18N2O2S/c1-12-5-2-3-7-16(12)21(19,20)18-10-4-6-13-11-14(17)8-9-15(13)18/h2-3,5,7-9,11H,4,6,10,17H2,1H3. The molecule has 1 aliphatic heterocycles. The van der Waals surface area contributed by atoms with Crippen molar-refractivity contribution < 1.29 is 8.42 Å². The number of sulfonamides is 1. The first-order valence-electron chi connectivity index (χ1n) is 6.97. The van der Waals surface area contributed by atoms with Gasteiger partial charge in [0.25, 0.3) is 10.0 Å². The lowest BCUT2D eigenvalue weighted by Gasteiger charge is -2.31. The van der Waals surface area contributed by atoms with Gasteiger partial charge in [-0.05, 0) is 55.2 Å². The summed E-state index contributed by atoms with van der Waals surface area (Å²) in [5, 5.41) is 0. The van der Waals surface area contributed by atoms with Crippen LogP contribution in [0.2, 0.25) is 0 Å². The van der Waals surface area contributed by atoms with Crippen LogP contribution >= 0.6 is 0 Å². The van der Waals surface area contributed by atoms with Gasteiger partial charge in [-0.25, -0.2) is 8.42 Å². The van der Waals surface area contributed by atoms with Crippen LogP contribution in [0.25, 0.3) is 0 Å². The van der Waals surface area contributed by atoms with Crippen LogP contribution in [0, 0.1) is 6.92 Å². The zero-order valence-electron chi connectivity index (χ0n) is 11.9. The number of nitrogens with zero attached hydrogens (tertiary/aromatic N) is 1. The molecule has 0 radical (unpaired) electrons. The molecule has 3 rings (SSSR count). The van der Waals surface area contributed by atoms with Crippen LogP contribution in [-0.4, -0.2) is 15.0 Å². The van der Waals surface area contributed by atoms with E-state index in [2.05, 4.69) is 0 Å². The molecule has 0 saturated heterocycles. The normalized spacial score (nSPS) is 14.8. The molecule has 1 heterocycles. The minimum Gasteiger partial charge on any atom is -0.399 e. The van der Waals surface area contributed by atoms with Gasteiger partial charge >= 0.3 is 0 Å². The highest BCUT2D eigenvalue weighted by molar-refractivity contribution is 7.92. The van der Waals surface area contributed by atoms with Crippen molar-refractivity contribution in [3.05, 3.63) is 53.6 Å². The highest BCUT2D eigenvalue weighted by Crippen LogP contribution is 2.33. The fourth-order valence-electron chi connectivity index (χ4n) is 2.80. The SMILES string of the molecule is Cc1ccccc1S(=O)(=O)N1CCCc2cc(N)ccc21. The smallest absolute Gasteiger partial charge is 0.264 e. The van der Waals surface area contributed by atoms with Gasteiger partial charge in [0.2, 0.25) is 0 Å². The third-order valence-electron chi connectivity index (χ3n) is 3.84. The minimum absolute atomic E-state index is 0.370. The number of nitrogen functional groups attached to an aromatic ring is 1. The molecule has 0 aliphatic carbocycles. The number of hydrogen-bond donors (Lipinski definition) is 1. The maximum atomic E-state index is 13.0. The molecule has 0 spiro atoms. The summed E-state index contributed by atoms with van der Waals surface area (Å²) in [7, 11) is -3.53. The topological polar surface area (TPSA) is 63.4 Å². The number of rotatable bonds is 2. The molecule has 0 fully saturated rings. The summed E-state index contributed by atoms with van der Waals surface area (Å²) in [5.41, 5.74) is 8.99. The van der Waals surface area contributed by atoms with E-state index in [0.717, 1.165) is 29.7 Å². The molecule has 1 aliphatic rings. The van der Waals surface area contributed by atoms with Crippen LogP contribution in [0.3, 0.4) is 0 Å². The summed E-state index contributed by atoms with van der Waals surface area (Å²) in [6, 6.07) is 12.5. The maximum absolute atomic E-state index is 13.0. The third-order valence-corrected chi connectivity index (χ3v) is 5.81. The van der Waals surface area contributed by atoms with Crippen LogP contribution < -0.4 is 10.0 Å². The number of fused-ring (bicyclic) bond motifs is 1. The van der Waals surface area contributed by atoms with Gasteiger partial charge < -0.3 is 5.73 Å². The molecule has 110 valence electrons. The van der Waals surface area contributed by atoms with E-state index in [1.807, 2.05) is 25.1 Å². The molecule has 0 saturated carbocycles. The Hall–Kier alpha value is -2.01. The average Bonchev–Trinajstić information content (AvgIpc) is 2.46. The Bertz CT molecular complexity index is 785. The molecule has 2 N–H and O–H groups in total. The van der Waals surface area contributed by atoms with E-state index in [-0.39, 0.29) is 0 Å². The number of anilines is 2. The Morgan fingerprint density at radius 3 is 2.67 bits per heavy atom. The van der Waals surface area contributed by atoms with Crippen LogP contribution in [0.15, 0.2) is 47.4 Å². The van der Waals surface area contributed by atoms with Crippen molar-refractivity contribution in [3.63, 3.8) is 0 Å². The van der Waals surface area contributed by atoms with Crippen LogP contribution in [0.5, 0.6) is 0 Å². The summed E-state index contributed by atoms with van der Waals surface area (Å²) < 4.78 is 27.4. The Morgan fingerprint density at radius 2 is 1.90 bits per heavy atom. The van der Waals surface area contributed by atoms with Crippen LogP contribution in [0.1, 0.15) is 17.5 Å². The van der Waals surface area contributed by atoms with Gasteiger partial charge in [-0.15, -0.1) is 0 Å². The van der Waals surface area contributed by atoms with Crippen molar-refractivity contribution in [1.82, 2.24) is 0 Å². The largest absolute Gasteiger partial charge is 0.399 e. The lowest BCUT2D eigenvalue weighted by molar-refractivity contribution is 0.586. The van der Waals surface area contributed by atoms with E-state index in [4.69, 9.17) is 5.73 Å². The first-order chi connectivity index (χ1) is 10.00. The minimum atomic E-state index is -3.53. The zero-order chi connectivity index (χ0) is 15.0. The van der Waals surface area contributed by atoms with Gasteiger partial charge in [0, 0.05) is 12.2 Å². The van der Waals surface area contributed by atoms with E-state index in [0.29, 0.717) is 17.1 Å². The molecule has 21 heavy (non-hydrogen) atoms. The molecule has 0 bridgehead atoms. The van der Waals surface area contributed by atoms with Crippen LogP contribution in [-0.2, 0) is 16.4 Å². The summed E-state index contributed by atoms with van der Waals surface area (Å²) in [6.45, 7) is 2.33. The molecular weight excluding hydrogens is 284 g/mol. The van der Waals surface area contributed by atoms with Gasteiger partial charge in [-0.2, -0.15) is 0 Å². The van der Waals surface area contributed by atoms with Crippen molar-refractivity contribution in [2.75, 3.05) is 16.6 Å². The van der Waals surface area contributed by atoms with Crippen molar-refractivity contribution in [2.45, 2.75) is 24.7 Å². The Morgan fingerprint density at radius 1 is 1.14 bits per heavy atom. The second-order valence-electron chi connectivity index (χ2n) is 5.33. The zero-order valence-corrected chi connectivity index (χ0v) is 12.7. The second-order valence-corrected chi connectivity index (χ2v) is 7.17. The molecule has 2 aromatic carbocycles. The van der Waals surface area contributed by atoms with E-state index >= 15 is 0 Å².